The summed E-state index contributed by atoms with van der Waals surface area (Å²) >= 11 is 0. The molecular formula is C22H21N5O2. The lowest BCUT2D eigenvalue weighted by Gasteiger charge is -2.27. The second-order valence-corrected chi connectivity index (χ2v) is 6.94. The van der Waals surface area contributed by atoms with Gasteiger partial charge in [-0.25, -0.2) is 15.0 Å². The Morgan fingerprint density at radius 2 is 1.76 bits per heavy atom. The minimum atomic E-state index is -1.26. The maximum Gasteiger partial charge on any atom is 0.266 e. The zero-order valence-electron chi connectivity index (χ0n) is 16.5. The number of hydrogen-bond donors (Lipinski definition) is 1. The molecule has 0 fully saturated rings. The van der Waals surface area contributed by atoms with Gasteiger partial charge < -0.3 is 10.5 Å². The van der Waals surface area contributed by atoms with Crippen molar-refractivity contribution < 1.29 is 9.53 Å². The van der Waals surface area contributed by atoms with E-state index in [2.05, 4.69) is 15.0 Å². The standard InChI is InChI=1S/C22H21N5O2/c1-14-9-18(7-8-19(14)29-3)22(20(28)27(2)21(23)26-22)17-6-4-5-15(10-17)16-11-24-13-25-12-16/h4-13H,1-3H3,(H2,23,26)/t22-/m0/s1. The fourth-order valence-electron chi connectivity index (χ4n) is 3.66. The van der Waals surface area contributed by atoms with Gasteiger partial charge >= 0.3 is 0 Å². The van der Waals surface area contributed by atoms with E-state index in [1.165, 1.54) is 11.2 Å². The number of hydrogen-bond acceptors (Lipinski definition) is 6. The maximum atomic E-state index is 13.4. The topological polar surface area (TPSA) is 93.7 Å². The Hall–Kier alpha value is -3.74. The van der Waals surface area contributed by atoms with Crippen molar-refractivity contribution in [3.8, 4) is 16.9 Å². The van der Waals surface area contributed by atoms with Crippen molar-refractivity contribution in [2.45, 2.75) is 12.5 Å². The number of carbonyl (C=O) groups excluding carboxylic acids is 1. The quantitative estimate of drug-likeness (QED) is 0.742. The molecule has 1 aromatic heterocycles. The van der Waals surface area contributed by atoms with Crippen LogP contribution in [0.1, 0.15) is 16.7 Å². The third-order valence-corrected chi connectivity index (χ3v) is 5.23. The molecule has 0 saturated carbocycles. The van der Waals surface area contributed by atoms with Gasteiger partial charge in [-0.15, -0.1) is 0 Å². The number of amides is 1. The molecule has 2 heterocycles. The molecule has 29 heavy (non-hydrogen) atoms. The summed E-state index contributed by atoms with van der Waals surface area (Å²) in [6, 6.07) is 13.3. The number of likely N-dealkylation sites (N-methyl/N-ethyl adjacent to an activating group) is 1. The van der Waals surface area contributed by atoms with E-state index < -0.39 is 5.54 Å². The minimum Gasteiger partial charge on any atom is -0.496 e. The van der Waals surface area contributed by atoms with E-state index in [1.807, 2.05) is 49.4 Å². The van der Waals surface area contributed by atoms with E-state index in [9.17, 15) is 4.79 Å². The number of benzene rings is 2. The van der Waals surface area contributed by atoms with Crippen LogP contribution in [0.25, 0.3) is 11.1 Å². The van der Waals surface area contributed by atoms with E-state index in [4.69, 9.17) is 10.5 Å². The summed E-state index contributed by atoms with van der Waals surface area (Å²) in [6.07, 6.45) is 4.95. The molecule has 1 amide bonds. The van der Waals surface area contributed by atoms with Crippen LogP contribution in [0.4, 0.5) is 0 Å². The molecule has 0 unspecified atom stereocenters. The molecule has 2 aromatic carbocycles. The Labute approximate surface area is 168 Å². The summed E-state index contributed by atoms with van der Waals surface area (Å²) in [4.78, 5) is 27.6. The highest BCUT2D eigenvalue weighted by atomic mass is 16.5. The number of aryl methyl sites for hydroxylation is 1. The van der Waals surface area contributed by atoms with Crippen molar-refractivity contribution in [3.05, 3.63) is 77.9 Å². The molecule has 146 valence electrons. The van der Waals surface area contributed by atoms with E-state index in [0.717, 1.165) is 33.6 Å². The van der Waals surface area contributed by atoms with Crippen LogP contribution in [-0.4, -0.2) is 40.9 Å². The highest BCUT2D eigenvalue weighted by Crippen LogP contribution is 2.41. The highest BCUT2D eigenvalue weighted by molar-refractivity contribution is 6.09. The Morgan fingerprint density at radius 3 is 2.38 bits per heavy atom. The number of aromatic nitrogens is 2. The van der Waals surface area contributed by atoms with Crippen molar-refractivity contribution in [3.63, 3.8) is 0 Å². The Morgan fingerprint density at radius 1 is 1.03 bits per heavy atom. The van der Waals surface area contributed by atoms with Gasteiger partial charge in [-0.2, -0.15) is 0 Å². The number of guanidine groups is 1. The number of aliphatic imine (C=N–C) groups is 1. The van der Waals surface area contributed by atoms with Gasteiger partial charge in [0.1, 0.15) is 12.1 Å². The van der Waals surface area contributed by atoms with E-state index >= 15 is 0 Å². The molecule has 7 heteroatoms. The average Bonchev–Trinajstić information content (AvgIpc) is 2.99. The largest absolute Gasteiger partial charge is 0.496 e. The summed E-state index contributed by atoms with van der Waals surface area (Å²) < 4.78 is 5.38. The zero-order valence-corrected chi connectivity index (χ0v) is 16.5. The fourth-order valence-corrected chi connectivity index (χ4v) is 3.66. The molecule has 7 nitrogen and oxygen atoms in total. The lowest BCUT2D eigenvalue weighted by molar-refractivity contribution is -0.129. The van der Waals surface area contributed by atoms with Crippen LogP contribution in [0.5, 0.6) is 5.75 Å². The maximum absolute atomic E-state index is 13.4. The summed E-state index contributed by atoms with van der Waals surface area (Å²) in [5.74, 6) is 0.716. The van der Waals surface area contributed by atoms with Gasteiger partial charge in [0, 0.05) is 25.0 Å². The first-order valence-corrected chi connectivity index (χ1v) is 9.12. The predicted molar refractivity (Wildman–Crippen MR) is 110 cm³/mol. The first-order valence-electron chi connectivity index (χ1n) is 9.12. The molecule has 1 aliphatic heterocycles. The first kappa shape index (κ1) is 18.6. The van der Waals surface area contributed by atoms with Gasteiger partial charge in [0.25, 0.3) is 5.91 Å². The normalized spacial score (nSPS) is 18.7. The summed E-state index contributed by atoms with van der Waals surface area (Å²) in [5, 5.41) is 0. The highest BCUT2D eigenvalue weighted by Gasteiger charge is 2.49. The molecule has 2 N–H and O–H groups in total. The average molecular weight is 387 g/mol. The zero-order chi connectivity index (χ0) is 20.6. The molecule has 1 aliphatic rings. The van der Waals surface area contributed by atoms with Crippen LogP contribution in [-0.2, 0) is 10.3 Å². The molecule has 1 atom stereocenters. The van der Waals surface area contributed by atoms with Gasteiger partial charge in [-0.3, -0.25) is 9.69 Å². The summed E-state index contributed by atoms with van der Waals surface area (Å²) in [7, 11) is 3.25. The monoisotopic (exact) mass is 387 g/mol. The van der Waals surface area contributed by atoms with Crippen molar-refractivity contribution in [1.82, 2.24) is 14.9 Å². The van der Waals surface area contributed by atoms with Crippen molar-refractivity contribution in [1.29, 1.82) is 0 Å². The number of methoxy groups -OCH3 is 1. The summed E-state index contributed by atoms with van der Waals surface area (Å²) in [5.41, 5.74) is 8.92. The Balaban J connectivity index is 1.94. The van der Waals surface area contributed by atoms with E-state index in [1.54, 1.807) is 26.6 Å². The lowest BCUT2D eigenvalue weighted by atomic mass is 9.81. The SMILES string of the molecule is COc1ccc([C@]2(c3cccc(-c4cncnc4)c3)N=C(N)N(C)C2=O)cc1C. The van der Waals surface area contributed by atoms with Gasteiger partial charge in [-0.1, -0.05) is 24.3 Å². The molecule has 4 rings (SSSR count). The van der Waals surface area contributed by atoms with Gasteiger partial charge in [0.2, 0.25) is 0 Å². The Kier molecular flexibility index (Phi) is 4.50. The predicted octanol–water partition coefficient (Wildman–Crippen LogP) is 2.49. The number of nitrogens with two attached hydrogens (primary N) is 1. The van der Waals surface area contributed by atoms with Gasteiger partial charge in [-0.05, 0) is 47.4 Å². The molecule has 3 aromatic rings. The third-order valence-electron chi connectivity index (χ3n) is 5.23. The van der Waals surface area contributed by atoms with Gasteiger partial charge in [0.15, 0.2) is 11.5 Å². The van der Waals surface area contributed by atoms with Crippen molar-refractivity contribution in [2.24, 2.45) is 10.7 Å². The van der Waals surface area contributed by atoms with Crippen LogP contribution in [0.2, 0.25) is 0 Å². The van der Waals surface area contributed by atoms with Crippen LogP contribution < -0.4 is 10.5 Å². The number of carbonyl (C=O) groups is 1. The van der Waals surface area contributed by atoms with Crippen LogP contribution in [0, 0.1) is 6.92 Å². The van der Waals surface area contributed by atoms with Crippen LogP contribution in [0.15, 0.2) is 66.2 Å². The fraction of sp³-hybridized carbons (Fsp3) is 0.182. The second-order valence-electron chi connectivity index (χ2n) is 6.94. The van der Waals surface area contributed by atoms with Crippen molar-refractivity contribution >= 4 is 11.9 Å². The van der Waals surface area contributed by atoms with E-state index in [-0.39, 0.29) is 11.9 Å². The number of nitrogens with zero attached hydrogens (tertiary/aromatic N) is 4. The number of ether oxygens (including phenoxy) is 1. The molecule has 0 spiro atoms. The molecule has 0 radical (unpaired) electrons. The van der Waals surface area contributed by atoms with Crippen molar-refractivity contribution in [2.75, 3.05) is 14.2 Å². The number of rotatable bonds is 4. The molecular weight excluding hydrogens is 366 g/mol. The second kappa shape index (κ2) is 7.01. The smallest absolute Gasteiger partial charge is 0.266 e. The molecule has 0 saturated heterocycles. The minimum absolute atomic E-state index is 0.178. The van der Waals surface area contributed by atoms with Crippen LogP contribution in [0.3, 0.4) is 0 Å². The first-order chi connectivity index (χ1) is 14.0. The summed E-state index contributed by atoms with van der Waals surface area (Å²) in [6.45, 7) is 1.93. The van der Waals surface area contributed by atoms with Gasteiger partial charge in [0.05, 0.1) is 7.11 Å². The lowest BCUT2D eigenvalue weighted by Crippen LogP contribution is -2.41. The molecule has 0 bridgehead atoms. The Bertz CT molecular complexity index is 1110. The van der Waals surface area contributed by atoms with Crippen LogP contribution >= 0.6 is 0 Å². The molecule has 0 aliphatic carbocycles. The third kappa shape index (κ3) is 2.91. The van der Waals surface area contributed by atoms with E-state index in [0.29, 0.717) is 0 Å².